The molecule has 25 heavy (non-hydrogen) atoms. The molecule has 0 aliphatic carbocycles. The van der Waals surface area contributed by atoms with Crippen molar-refractivity contribution in [1.29, 1.82) is 0 Å². The van der Waals surface area contributed by atoms with Crippen molar-refractivity contribution in [1.82, 2.24) is 0 Å². The van der Waals surface area contributed by atoms with E-state index in [-0.39, 0.29) is 0 Å². The van der Waals surface area contributed by atoms with Gasteiger partial charge in [0.2, 0.25) is 0 Å². The molecule has 0 aromatic heterocycles. The largest absolute Gasteiger partial charge is 0.354 e. The molecule has 0 saturated heterocycles. The molecule has 1 atom stereocenters. The minimum atomic E-state index is -2.00. The fourth-order valence-corrected chi connectivity index (χ4v) is 4.18. The Labute approximate surface area is 153 Å². The summed E-state index contributed by atoms with van der Waals surface area (Å²) in [5, 5.41) is 3.47. The van der Waals surface area contributed by atoms with Crippen LogP contribution >= 0.6 is 11.8 Å². The Morgan fingerprint density at radius 2 is 1.68 bits per heavy atom. The zero-order valence-corrected chi connectivity index (χ0v) is 14.9. The van der Waals surface area contributed by atoms with Gasteiger partial charge in [-0.1, -0.05) is 48.7 Å². The summed E-state index contributed by atoms with van der Waals surface area (Å²) >= 11 is -0.256. The number of rotatable bonds is 3. The third-order valence-corrected chi connectivity index (χ3v) is 5.90. The van der Waals surface area contributed by atoms with Crippen LogP contribution < -0.4 is 5.32 Å². The van der Waals surface area contributed by atoms with Gasteiger partial charge in [-0.2, -0.15) is 0 Å². The molecule has 3 aromatic rings. The van der Waals surface area contributed by atoms with E-state index in [2.05, 4.69) is 36.2 Å². The summed E-state index contributed by atoms with van der Waals surface area (Å²) in [6.45, 7) is 4.17. The van der Waals surface area contributed by atoms with Crippen LogP contribution in [0.2, 0.25) is 0 Å². The molecule has 5 heteroatoms. The first kappa shape index (κ1) is 16.1. The van der Waals surface area contributed by atoms with Crippen molar-refractivity contribution in [3.63, 3.8) is 0 Å². The van der Waals surface area contributed by atoms with Gasteiger partial charge in [-0.05, 0) is 53.1 Å². The van der Waals surface area contributed by atoms with Gasteiger partial charge >= 0.3 is 0 Å². The zero-order valence-electron chi connectivity index (χ0n) is 13.2. The molecule has 3 aromatic carbocycles. The van der Waals surface area contributed by atoms with E-state index >= 15 is 0 Å². The molecule has 1 unspecified atom stereocenters. The van der Waals surface area contributed by atoms with Crippen molar-refractivity contribution in [3.05, 3.63) is 84.4 Å². The minimum absolute atomic E-state index is 0.374. The number of hydrogen-bond donors (Lipinski definition) is 2. The second-order valence-corrected chi connectivity index (χ2v) is 7.74. The lowest BCUT2D eigenvalue weighted by Gasteiger charge is -2.21. The molecule has 2 N–H and O–H groups in total. The second-order valence-electron chi connectivity index (χ2n) is 5.69. The maximum Gasteiger partial charge on any atom is 0.186 e. The normalized spacial score (nSPS) is 13.3. The van der Waals surface area contributed by atoms with Crippen molar-refractivity contribution >= 4 is 39.8 Å². The Kier molecular flexibility index (Phi) is 4.21. The molecule has 1 aliphatic rings. The van der Waals surface area contributed by atoms with Crippen LogP contribution in [0, 0.1) is 0 Å². The van der Waals surface area contributed by atoms with Crippen LogP contribution in [0.3, 0.4) is 0 Å². The quantitative estimate of drug-likeness (QED) is 0.468. The maximum absolute atomic E-state index is 11.3. The SMILES string of the molecule is C=C(c1cccc(S(=O)O)c1)c1ccc2c(c1)Nc1ccccc1S2. The van der Waals surface area contributed by atoms with Crippen LogP contribution in [0.4, 0.5) is 11.4 Å². The van der Waals surface area contributed by atoms with Crippen LogP contribution in [0.5, 0.6) is 0 Å². The van der Waals surface area contributed by atoms with E-state index in [9.17, 15) is 8.76 Å². The van der Waals surface area contributed by atoms with Crippen molar-refractivity contribution < 1.29 is 8.76 Å². The second kappa shape index (κ2) is 6.52. The number of fused-ring (bicyclic) bond motifs is 2. The van der Waals surface area contributed by atoms with E-state index in [0.29, 0.717) is 4.90 Å². The topological polar surface area (TPSA) is 49.3 Å². The summed E-state index contributed by atoms with van der Waals surface area (Å²) in [6.07, 6.45) is 0. The van der Waals surface area contributed by atoms with Crippen LogP contribution in [-0.2, 0) is 11.1 Å². The average molecular weight is 365 g/mol. The average Bonchev–Trinajstić information content (AvgIpc) is 2.65. The summed E-state index contributed by atoms with van der Waals surface area (Å²) in [4.78, 5) is 2.75. The van der Waals surface area contributed by atoms with Gasteiger partial charge in [0.05, 0.1) is 16.3 Å². The van der Waals surface area contributed by atoms with Crippen LogP contribution in [0.15, 0.2) is 88.0 Å². The zero-order chi connectivity index (χ0) is 17.4. The number of nitrogens with one attached hydrogen (secondary N) is 1. The van der Waals surface area contributed by atoms with E-state index in [1.165, 1.54) is 9.79 Å². The third kappa shape index (κ3) is 3.14. The fraction of sp³-hybridized carbons (Fsp3) is 0. The molecule has 1 heterocycles. The van der Waals surface area contributed by atoms with E-state index in [1.807, 2.05) is 24.3 Å². The Morgan fingerprint density at radius 3 is 2.52 bits per heavy atom. The summed E-state index contributed by atoms with van der Waals surface area (Å²) in [5.41, 5.74) is 4.78. The highest BCUT2D eigenvalue weighted by Crippen LogP contribution is 2.44. The maximum atomic E-state index is 11.3. The molecule has 0 amide bonds. The first-order valence-electron chi connectivity index (χ1n) is 7.70. The highest BCUT2D eigenvalue weighted by Gasteiger charge is 2.16. The molecule has 0 saturated carbocycles. The molecular formula is C20H15NO2S2. The van der Waals surface area contributed by atoms with E-state index in [1.54, 1.807) is 30.0 Å². The number of anilines is 2. The number of hydrogen-bond acceptors (Lipinski definition) is 3. The van der Waals surface area contributed by atoms with E-state index in [0.717, 1.165) is 28.1 Å². The third-order valence-electron chi connectivity index (χ3n) is 4.09. The van der Waals surface area contributed by atoms with Crippen molar-refractivity contribution in [2.24, 2.45) is 0 Å². The molecule has 124 valence electrons. The number of para-hydroxylation sites is 1. The van der Waals surface area contributed by atoms with Gasteiger partial charge in [0.25, 0.3) is 0 Å². The monoisotopic (exact) mass is 365 g/mol. The molecule has 3 nitrogen and oxygen atoms in total. The molecule has 0 bridgehead atoms. The predicted octanol–water partition coefficient (Wildman–Crippen LogP) is 5.54. The summed E-state index contributed by atoms with van der Waals surface area (Å²) in [5.74, 6) is 0. The van der Waals surface area contributed by atoms with Crippen LogP contribution in [0.25, 0.3) is 5.57 Å². The van der Waals surface area contributed by atoms with Gasteiger partial charge in [0.1, 0.15) is 0 Å². The first-order valence-corrected chi connectivity index (χ1v) is 9.63. The van der Waals surface area contributed by atoms with Crippen LogP contribution in [0.1, 0.15) is 11.1 Å². The minimum Gasteiger partial charge on any atom is -0.354 e. The molecule has 0 radical (unpaired) electrons. The van der Waals surface area contributed by atoms with Crippen LogP contribution in [-0.4, -0.2) is 8.76 Å². The van der Waals surface area contributed by atoms with E-state index in [4.69, 9.17) is 0 Å². The van der Waals surface area contributed by atoms with Gasteiger partial charge in [0.15, 0.2) is 11.1 Å². The molecule has 4 rings (SSSR count). The Hall–Kier alpha value is -2.34. The highest BCUT2D eigenvalue weighted by atomic mass is 32.2. The molecule has 0 spiro atoms. The smallest absolute Gasteiger partial charge is 0.186 e. The van der Waals surface area contributed by atoms with Crippen molar-refractivity contribution in [2.75, 3.05) is 5.32 Å². The Bertz CT molecular complexity index is 1010. The fourth-order valence-electron chi connectivity index (χ4n) is 2.79. The number of benzene rings is 3. The summed E-state index contributed by atoms with van der Waals surface area (Å²) < 4.78 is 20.6. The van der Waals surface area contributed by atoms with Gasteiger partial charge in [-0.25, -0.2) is 4.21 Å². The first-order chi connectivity index (χ1) is 12.1. The van der Waals surface area contributed by atoms with Gasteiger partial charge in [-0.3, -0.25) is 0 Å². The predicted molar refractivity (Wildman–Crippen MR) is 104 cm³/mol. The Morgan fingerprint density at radius 1 is 0.920 bits per heavy atom. The van der Waals surface area contributed by atoms with Gasteiger partial charge in [0, 0.05) is 9.79 Å². The Balaban J connectivity index is 1.68. The lowest BCUT2D eigenvalue weighted by Crippen LogP contribution is -2.00. The lowest BCUT2D eigenvalue weighted by atomic mass is 9.99. The molecular weight excluding hydrogens is 350 g/mol. The highest BCUT2D eigenvalue weighted by molar-refractivity contribution is 7.99. The summed E-state index contributed by atoms with van der Waals surface area (Å²) in [6, 6.07) is 21.4. The van der Waals surface area contributed by atoms with Crippen molar-refractivity contribution in [2.45, 2.75) is 14.7 Å². The van der Waals surface area contributed by atoms with E-state index < -0.39 is 11.1 Å². The summed E-state index contributed by atoms with van der Waals surface area (Å²) in [7, 11) is 0. The van der Waals surface area contributed by atoms with Gasteiger partial charge in [-0.15, -0.1) is 0 Å². The lowest BCUT2D eigenvalue weighted by molar-refractivity contribution is 0.564. The molecule has 0 fully saturated rings. The van der Waals surface area contributed by atoms with Gasteiger partial charge < -0.3 is 9.87 Å². The standard InChI is InChI=1S/C20H15NO2S2/c1-13(14-5-4-6-16(11-14)25(22)23)15-9-10-20-18(12-15)21-17-7-2-3-8-19(17)24-20/h2-12,21H,1H2,(H,22,23). The van der Waals surface area contributed by atoms with Crippen molar-refractivity contribution in [3.8, 4) is 0 Å². The molecule has 1 aliphatic heterocycles.